The molecule has 0 atom stereocenters. The van der Waals surface area contributed by atoms with E-state index in [1.165, 1.54) is 10.6 Å². The van der Waals surface area contributed by atoms with Crippen molar-refractivity contribution >= 4 is 21.8 Å². The van der Waals surface area contributed by atoms with Crippen molar-refractivity contribution in [2.75, 3.05) is 38.5 Å². The topological polar surface area (TPSA) is 99.9 Å². The second-order valence-electron chi connectivity index (χ2n) is 5.93. The first-order valence-electron chi connectivity index (χ1n) is 7.89. The molecule has 0 bridgehead atoms. The van der Waals surface area contributed by atoms with Crippen molar-refractivity contribution in [2.24, 2.45) is 5.92 Å². The van der Waals surface area contributed by atoms with Crippen LogP contribution in [-0.2, 0) is 14.8 Å². The van der Waals surface area contributed by atoms with Crippen LogP contribution in [0.2, 0.25) is 0 Å². The Hall–Kier alpha value is -1.87. The van der Waals surface area contributed by atoms with Gasteiger partial charge < -0.3 is 14.6 Å². The summed E-state index contributed by atoms with van der Waals surface area (Å²) in [5.74, 6) is -0.468. The Labute approximate surface area is 141 Å². The predicted octanol–water partition coefficient (Wildman–Crippen LogP) is 0.139. The molecule has 2 heterocycles. The van der Waals surface area contributed by atoms with E-state index in [2.05, 4.69) is 5.32 Å². The molecule has 24 heavy (non-hydrogen) atoms. The van der Waals surface area contributed by atoms with Gasteiger partial charge in [0.25, 0.3) is 5.91 Å². The van der Waals surface area contributed by atoms with Crippen LogP contribution < -0.4 is 5.32 Å². The normalized spacial score (nSPS) is 16.4. The van der Waals surface area contributed by atoms with Crippen LogP contribution in [0.3, 0.4) is 0 Å². The van der Waals surface area contributed by atoms with E-state index in [-0.39, 0.29) is 48.9 Å². The Kier molecular flexibility index (Phi) is 6.00. The third-order valence-corrected chi connectivity index (χ3v) is 5.71. The first-order valence-corrected chi connectivity index (χ1v) is 9.50. The van der Waals surface area contributed by atoms with E-state index in [1.807, 2.05) is 0 Å². The van der Waals surface area contributed by atoms with Gasteiger partial charge in [0.15, 0.2) is 5.76 Å². The molecule has 0 saturated carbocycles. The number of hydrogen-bond donors (Lipinski definition) is 1. The quantitative estimate of drug-likeness (QED) is 0.781. The highest BCUT2D eigenvalue weighted by Crippen LogP contribution is 2.12. The SMILES string of the molecule is CC(C)C(=O)NCCS(=O)(=O)N1CCN(C(=O)c2ccco2)CC1. The maximum Gasteiger partial charge on any atom is 0.289 e. The molecular formula is C15H23N3O5S. The molecule has 1 aliphatic rings. The number of nitrogens with one attached hydrogen (secondary N) is 1. The molecule has 0 unspecified atom stereocenters. The molecule has 0 spiro atoms. The summed E-state index contributed by atoms with van der Waals surface area (Å²) in [6.45, 7) is 4.71. The Morgan fingerprint density at radius 1 is 1.25 bits per heavy atom. The molecule has 2 rings (SSSR count). The molecule has 1 N–H and O–H groups in total. The van der Waals surface area contributed by atoms with Crippen LogP contribution in [0.15, 0.2) is 22.8 Å². The third-order valence-electron chi connectivity index (χ3n) is 3.83. The number of carbonyl (C=O) groups excluding carboxylic acids is 2. The van der Waals surface area contributed by atoms with Crippen LogP contribution in [0.1, 0.15) is 24.4 Å². The minimum Gasteiger partial charge on any atom is -0.459 e. The van der Waals surface area contributed by atoms with E-state index in [0.717, 1.165) is 0 Å². The number of piperazine rings is 1. The second kappa shape index (κ2) is 7.80. The van der Waals surface area contributed by atoms with Gasteiger partial charge in [0, 0.05) is 38.6 Å². The number of amides is 2. The minimum atomic E-state index is -3.45. The number of hydrogen-bond acceptors (Lipinski definition) is 5. The molecule has 0 aliphatic carbocycles. The molecule has 0 radical (unpaired) electrons. The highest BCUT2D eigenvalue weighted by Gasteiger charge is 2.29. The fraction of sp³-hybridized carbons (Fsp3) is 0.600. The van der Waals surface area contributed by atoms with Crippen molar-refractivity contribution in [2.45, 2.75) is 13.8 Å². The third kappa shape index (κ3) is 4.57. The van der Waals surface area contributed by atoms with Gasteiger partial charge in [-0.25, -0.2) is 8.42 Å². The highest BCUT2D eigenvalue weighted by atomic mass is 32.2. The van der Waals surface area contributed by atoms with Gasteiger partial charge in [0.2, 0.25) is 15.9 Å². The molecule has 1 fully saturated rings. The Morgan fingerprint density at radius 3 is 2.46 bits per heavy atom. The average Bonchev–Trinajstić information content (AvgIpc) is 3.08. The number of furan rings is 1. The zero-order valence-electron chi connectivity index (χ0n) is 13.9. The highest BCUT2D eigenvalue weighted by molar-refractivity contribution is 7.89. The average molecular weight is 357 g/mol. The maximum atomic E-state index is 12.3. The zero-order valence-corrected chi connectivity index (χ0v) is 14.7. The number of carbonyl (C=O) groups is 2. The largest absolute Gasteiger partial charge is 0.459 e. The summed E-state index contributed by atoms with van der Waals surface area (Å²) in [6.07, 6.45) is 1.43. The van der Waals surface area contributed by atoms with Crippen LogP contribution in [-0.4, -0.2) is 67.9 Å². The maximum absolute atomic E-state index is 12.3. The molecule has 0 aromatic carbocycles. The summed E-state index contributed by atoms with van der Waals surface area (Å²) in [4.78, 5) is 25.2. The summed E-state index contributed by atoms with van der Waals surface area (Å²) in [5.41, 5.74) is 0. The summed E-state index contributed by atoms with van der Waals surface area (Å²) < 4.78 is 31.0. The first kappa shape index (κ1) is 18.5. The van der Waals surface area contributed by atoms with Gasteiger partial charge in [-0.1, -0.05) is 13.8 Å². The smallest absolute Gasteiger partial charge is 0.289 e. The lowest BCUT2D eigenvalue weighted by Gasteiger charge is -2.33. The summed E-state index contributed by atoms with van der Waals surface area (Å²) in [7, 11) is -3.45. The lowest BCUT2D eigenvalue weighted by Crippen LogP contribution is -2.51. The van der Waals surface area contributed by atoms with Crippen molar-refractivity contribution in [1.82, 2.24) is 14.5 Å². The fourth-order valence-electron chi connectivity index (χ4n) is 2.36. The molecule has 1 saturated heterocycles. The predicted molar refractivity (Wildman–Crippen MR) is 87.8 cm³/mol. The van der Waals surface area contributed by atoms with Crippen molar-refractivity contribution in [3.8, 4) is 0 Å². The zero-order chi connectivity index (χ0) is 17.7. The number of nitrogens with zero attached hydrogens (tertiary/aromatic N) is 2. The van der Waals surface area contributed by atoms with Gasteiger partial charge in [-0.05, 0) is 12.1 Å². The monoisotopic (exact) mass is 357 g/mol. The van der Waals surface area contributed by atoms with E-state index in [9.17, 15) is 18.0 Å². The van der Waals surface area contributed by atoms with Crippen LogP contribution in [0.5, 0.6) is 0 Å². The summed E-state index contributed by atoms with van der Waals surface area (Å²) in [6, 6.07) is 3.22. The number of sulfonamides is 1. The summed E-state index contributed by atoms with van der Waals surface area (Å²) in [5, 5.41) is 2.60. The number of rotatable bonds is 6. The molecule has 1 aromatic heterocycles. The van der Waals surface area contributed by atoms with Gasteiger partial charge in [0.1, 0.15) is 0 Å². The Balaban J connectivity index is 1.82. The Morgan fingerprint density at radius 2 is 1.92 bits per heavy atom. The van der Waals surface area contributed by atoms with Gasteiger partial charge >= 0.3 is 0 Å². The molecule has 134 valence electrons. The van der Waals surface area contributed by atoms with E-state index in [1.54, 1.807) is 30.9 Å². The van der Waals surface area contributed by atoms with Gasteiger partial charge in [-0.2, -0.15) is 4.31 Å². The summed E-state index contributed by atoms with van der Waals surface area (Å²) >= 11 is 0. The van der Waals surface area contributed by atoms with Crippen LogP contribution in [0, 0.1) is 5.92 Å². The molecular weight excluding hydrogens is 334 g/mol. The van der Waals surface area contributed by atoms with Gasteiger partial charge in [0.05, 0.1) is 12.0 Å². The van der Waals surface area contributed by atoms with E-state index in [4.69, 9.17) is 4.42 Å². The van der Waals surface area contributed by atoms with Crippen molar-refractivity contribution in [3.63, 3.8) is 0 Å². The molecule has 8 nitrogen and oxygen atoms in total. The lowest BCUT2D eigenvalue weighted by molar-refractivity contribution is -0.123. The van der Waals surface area contributed by atoms with Crippen LogP contribution in [0.4, 0.5) is 0 Å². The van der Waals surface area contributed by atoms with Gasteiger partial charge in [-0.15, -0.1) is 0 Å². The van der Waals surface area contributed by atoms with E-state index < -0.39 is 10.0 Å². The molecule has 9 heteroatoms. The van der Waals surface area contributed by atoms with Crippen molar-refractivity contribution in [3.05, 3.63) is 24.2 Å². The molecule has 2 amide bonds. The molecule has 1 aliphatic heterocycles. The minimum absolute atomic E-state index is 0.0882. The first-order chi connectivity index (χ1) is 11.3. The van der Waals surface area contributed by atoms with E-state index in [0.29, 0.717) is 13.1 Å². The molecule has 1 aromatic rings. The second-order valence-corrected chi connectivity index (χ2v) is 8.02. The fourth-order valence-corrected chi connectivity index (χ4v) is 3.70. The van der Waals surface area contributed by atoms with Crippen LogP contribution >= 0.6 is 0 Å². The lowest BCUT2D eigenvalue weighted by atomic mass is 10.2. The van der Waals surface area contributed by atoms with Crippen molar-refractivity contribution in [1.29, 1.82) is 0 Å². The van der Waals surface area contributed by atoms with Crippen LogP contribution in [0.25, 0.3) is 0 Å². The van der Waals surface area contributed by atoms with Gasteiger partial charge in [-0.3, -0.25) is 9.59 Å². The standard InChI is InChI=1S/C15H23N3O5S/c1-12(2)14(19)16-5-11-24(21,22)18-8-6-17(7-9-18)15(20)13-4-3-10-23-13/h3-4,10,12H,5-9,11H2,1-2H3,(H,16,19). The van der Waals surface area contributed by atoms with Crippen molar-refractivity contribution < 1.29 is 22.4 Å². The Bertz CT molecular complexity index is 661. The van der Waals surface area contributed by atoms with E-state index >= 15 is 0 Å².